The lowest BCUT2D eigenvalue weighted by Crippen LogP contribution is -2.05. The van der Waals surface area contributed by atoms with Crippen LogP contribution in [0.4, 0.5) is 0 Å². The van der Waals surface area contributed by atoms with Gasteiger partial charge in [0.15, 0.2) is 0 Å². The highest BCUT2D eigenvalue weighted by Crippen LogP contribution is 2.42. The summed E-state index contributed by atoms with van der Waals surface area (Å²) in [7, 11) is 3.50. The van der Waals surface area contributed by atoms with Crippen molar-refractivity contribution in [2.24, 2.45) is 13.0 Å². The fourth-order valence-electron chi connectivity index (χ4n) is 2.20. The third-order valence-electron chi connectivity index (χ3n) is 3.35. The maximum absolute atomic E-state index is 8.88. The Hall–Kier alpha value is -2.13. The number of methoxy groups -OCH3 is 1. The average Bonchev–Trinajstić information content (AvgIpc) is 2.99. The van der Waals surface area contributed by atoms with Gasteiger partial charge in [-0.15, -0.1) is 0 Å². The molecule has 19 heavy (non-hydrogen) atoms. The van der Waals surface area contributed by atoms with E-state index in [0.717, 1.165) is 18.5 Å². The Kier molecular flexibility index (Phi) is 2.84. The van der Waals surface area contributed by atoms with Gasteiger partial charge in [-0.3, -0.25) is 0 Å². The highest BCUT2D eigenvalue weighted by Gasteiger charge is 2.35. The standard InChI is InChI=1S/C13H14N4O2/c1-17-7-8(6-14)5-10(17)13-15-12(16-19-13)11(18-2)9-3-4-9/h5,7,9,11H,3-4H2,1-2H3. The number of nitrogens with zero attached hydrogens (tertiary/aromatic N) is 4. The van der Waals surface area contributed by atoms with Crippen LogP contribution in [0.1, 0.15) is 30.3 Å². The van der Waals surface area contributed by atoms with Crippen LogP contribution in [0, 0.1) is 17.2 Å². The number of hydrogen-bond acceptors (Lipinski definition) is 5. The molecule has 1 aliphatic rings. The molecule has 0 amide bonds. The van der Waals surface area contributed by atoms with Crippen molar-refractivity contribution >= 4 is 0 Å². The minimum atomic E-state index is -0.0896. The van der Waals surface area contributed by atoms with E-state index in [1.165, 1.54) is 0 Å². The second-order valence-corrected chi connectivity index (χ2v) is 4.79. The van der Waals surface area contributed by atoms with Crippen LogP contribution in [0.15, 0.2) is 16.8 Å². The second kappa shape index (κ2) is 4.52. The Morgan fingerprint density at radius 1 is 1.58 bits per heavy atom. The van der Waals surface area contributed by atoms with Gasteiger partial charge in [0, 0.05) is 20.4 Å². The van der Waals surface area contributed by atoms with Crippen LogP contribution in [-0.2, 0) is 11.8 Å². The molecule has 1 fully saturated rings. The van der Waals surface area contributed by atoms with Crippen molar-refractivity contribution in [3.8, 4) is 17.7 Å². The van der Waals surface area contributed by atoms with Crippen molar-refractivity contribution in [2.75, 3.05) is 7.11 Å². The molecule has 6 nitrogen and oxygen atoms in total. The third-order valence-corrected chi connectivity index (χ3v) is 3.35. The number of aryl methyl sites for hydroxylation is 1. The summed E-state index contributed by atoms with van der Waals surface area (Å²) in [6.07, 6.45) is 3.93. The molecule has 2 aromatic rings. The van der Waals surface area contributed by atoms with Crippen molar-refractivity contribution in [3.05, 3.63) is 23.7 Å². The van der Waals surface area contributed by atoms with Gasteiger partial charge >= 0.3 is 0 Å². The van der Waals surface area contributed by atoms with Gasteiger partial charge in [-0.2, -0.15) is 10.2 Å². The second-order valence-electron chi connectivity index (χ2n) is 4.79. The largest absolute Gasteiger partial charge is 0.373 e. The first-order chi connectivity index (χ1) is 9.22. The summed E-state index contributed by atoms with van der Waals surface area (Å²) in [5, 5.41) is 12.9. The molecule has 1 atom stereocenters. The minimum Gasteiger partial charge on any atom is -0.373 e. The normalized spacial score (nSPS) is 16.3. The maximum atomic E-state index is 8.88. The molecular formula is C13H14N4O2. The van der Waals surface area contributed by atoms with E-state index in [4.69, 9.17) is 14.5 Å². The first kappa shape index (κ1) is 11.9. The van der Waals surface area contributed by atoms with Gasteiger partial charge in [-0.05, 0) is 24.8 Å². The molecule has 6 heteroatoms. The van der Waals surface area contributed by atoms with E-state index in [2.05, 4.69) is 16.2 Å². The number of hydrogen-bond donors (Lipinski definition) is 0. The molecular weight excluding hydrogens is 244 g/mol. The van der Waals surface area contributed by atoms with E-state index >= 15 is 0 Å². The van der Waals surface area contributed by atoms with E-state index in [-0.39, 0.29) is 6.10 Å². The molecule has 0 aliphatic heterocycles. The van der Waals surface area contributed by atoms with Gasteiger partial charge in [0.1, 0.15) is 17.9 Å². The fraction of sp³-hybridized carbons (Fsp3) is 0.462. The summed E-state index contributed by atoms with van der Waals surface area (Å²) in [4.78, 5) is 4.39. The zero-order chi connectivity index (χ0) is 13.4. The molecule has 0 saturated heterocycles. The predicted molar refractivity (Wildman–Crippen MR) is 65.9 cm³/mol. The first-order valence-electron chi connectivity index (χ1n) is 6.16. The van der Waals surface area contributed by atoms with E-state index in [9.17, 15) is 0 Å². The number of nitriles is 1. The first-order valence-corrected chi connectivity index (χ1v) is 6.16. The molecule has 2 heterocycles. The van der Waals surface area contributed by atoms with Gasteiger partial charge in [0.05, 0.1) is 5.56 Å². The Bertz CT molecular complexity index is 633. The van der Waals surface area contributed by atoms with Gasteiger partial charge in [0.2, 0.25) is 5.82 Å². The molecule has 0 aromatic carbocycles. The lowest BCUT2D eigenvalue weighted by atomic mass is 10.2. The Morgan fingerprint density at radius 2 is 2.37 bits per heavy atom. The lowest BCUT2D eigenvalue weighted by molar-refractivity contribution is 0.0751. The molecule has 98 valence electrons. The number of aromatic nitrogens is 3. The van der Waals surface area contributed by atoms with E-state index in [1.54, 1.807) is 23.9 Å². The molecule has 0 bridgehead atoms. The van der Waals surface area contributed by atoms with Crippen LogP contribution in [0.25, 0.3) is 11.6 Å². The van der Waals surface area contributed by atoms with E-state index in [0.29, 0.717) is 23.2 Å². The molecule has 1 aliphatic carbocycles. The highest BCUT2D eigenvalue weighted by molar-refractivity contribution is 5.52. The van der Waals surface area contributed by atoms with Gasteiger partial charge in [0.25, 0.3) is 5.89 Å². The van der Waals surface area contributed by atoms with Crippen LogP contribution in [0.5, 0.6) is 0 Å². The summed E-state index contributed by atoms with van der Waals surface area (Å²) in [6.45, 7) is 0. The average molecular weight is 258 g/mol. The molecule has 1 saturated carbocycles. The Labute approximate surface area is 110 Å². The molecule has 1 unspecified atom stereocenters. The van der Waals surface area contributed by atoms with Crippen LogP contribution in [-0.4, -0.2) is 21.8 Å². The number of ether oxygens (including phenoxy) is 1. The van der Waals surface area contributed by atoms with Crippen molar-refractivity contribution in [1.82, 2.24) is 14.7 Å². The van der Waals surface area contributed by atoms with Crippen molar-refractivity contribution in [1.29, 1.82) is 5.26 Å². The Balaban J connectivity index is 1.92. The quantitative estimate of drug-likeness (QED) is 0.838. The molecule has 0 N–H and O–H groups in total. The summed E-state index contributed by atoms with van der Waals surface area (Å²) < 4.78 is 12.5. The maximum Gasteiger partial charge on any atom is 0.274 e. The van der Waals surface area contributed by atoms with Crippen molar-refractivity contribution < 1.29 is 9.26 Å². The fourth-order valence-corrected chi connectivity index (χ4v) is 2.20. The van der Waals surface area contributed by atoms with Crippen LogP contribution >= 0.6 is 0 Å². The third kappa shape index (κ3) is 2.13. The van der Waals surface area contributed by atoms with Gasteiger partial charge in [-0.1, -0.05) is 5.16 Å². The van der Waals surface area contributed by atoms with E-state index in [1.807, 2.05) is 7.05 Å². The Morgan fingerprint density at radius 3 is 2.95 bits per heavy atom. The van der Waals surface area contributed by atoms with E-state index < -0.39 is 0 Å². The monoisotopic (exact) mass is 258 g/mol. The van der Waals surface area contributed by atoms with Crippen molar-refractivity contribution in [3.63, 3.8) is 0 Å². The molecule has 0 radical (unpaired) electrons. The van der Waals surface area contributed by atoms with Crippen molar-refractivity contribution in [2.45, 2.75) is 18.9 Å². The summed E-state index contributed by atoms with van der Waals surface area (Å²) in [5.74, 6) is 1.50. The van der Waals surface area contributed by atoms with Crippen LogP contribution in [0.2, 0.25) is 0 Å². The zero-order valence-electron chi connectivity index (χ0n) is 10.8. The zero-order valence-corrected chi connectivity index (χ0v) is 10.8. The highest BCUT2D eigenvalue weighted by atomic mass is 16.5. The summed E-state index contributed by atoms with van der Waals surface area (Å²) >= 11 is 0. The predicted octanol–water partition coefficient (Wildman–Crippen LogP) is 2.04. The summed E-state index contributed by atoms with van der Waals surface area (Å²) in [5.41, 5.74) is 1.31. The van der Waals surface area contributed by atoms with Gasteiger partial charge < -0.3 is 13.8 Å². The topological polar surface area (TPSA) is 76.9 Å². The number of rotatable bonds is 4. The smallest absolute Gasteiger partial charge is 0.274 e. The van der Waals surface area contributed by atoms with Crippen LogP contribution in [0.3, 0.4) is 0 Å². The summed E-state index contributed by atoms with van der Waals surface area (Å²) in [6, 6.07) is 3.82. The SMILES string of the molecule is COC(c1noc(-c2cc(C#N)cn2C)n1)C1CC1. The minimum absolute atomic E-state index is 0.0896. The van der Waals surface area contributed by atoms with Gasteiger partial charge in [-0.25, -0.2) is 0 Å². The molecule has 2 aromatic heterocycles. The molecule has 3 rings (SSSR count). The molecule has 0 spiro atoms. The van der Waals surface area contributed by atoms with Crippen LogP contribution < -0.4 is 0 Å². The lowest BCUT2D eigenvalue weighted by Gasteiger charge is -2.08.